The standard InChI is InChI=1S/C12H12O2/c1-12(2)9-6-4-3-5-8(9)7-10(13)11(12)14/h3-7,13H,1-2H3. The minimum Gasteiger partial charge on any atom is -0.504 e. The number of Topliss-reactive ketones (excluding diaryl/α,β-unsaturated/α-hetero) is 1. The Hall–Kier alpha value is -1.57. The number of allylic oxidation sites excluding steroid dienone is 1. The Morgan fingerprint density at radius 1 is 1.21 bits per heavy atom. The maximum absolute atomic E-state index is 11.7. The van der Waals surface area contributed by atoms with Crippen molar-refractivity contribution in [2.75, 3.05) is 0 Å². The van der Waals surface area contributed by atoms with E-state index >= 15 is 0 Å². The van der Waals surface area contributed by atoms with Gasteiger partial charge in [0.25, 0.3) is 0 Å². The fourth-order valence-corrected chi connectivity index (χ4v) is 1.85. The first-order valence-electron chi connectivity index (χ1n) is 4.58. The van der Waals surface area contributed by atoms with Gasteiger partial charge < -0.3 is 5.11 Å². The number of aliphatic hydroxyl groups excluding tert-OH is 1. The fourth-order valence-electron chi connectivity index (χ4n) is 1.85. The van der Waals surface area contributed by atoms with Crippen molar-refractivity contribution in [1.82, 2.24) is 0 Å². The molecule has 0 saturated carbocycles. The van der Waals surface area contributed by atoms with Crippen LogP contribution in [0.5, 0.6) is 0 Å². The minimum absolute atomic E-state index is 0.145. The Labute approximate surface area is 82.9 Å². The first kappa shape index (κ1) is 9.00. The van der Waals surface area contributed by atoms with Crippen LogP contribution in [0.1, 0.15) is 25.0 Å². The van der Waals surface area contributed by atoms with Crippen LogP contribution in [0, 0.1) is 0 Å². The van der Waals surface area contributed by atoms with Gasteiger partial charge in [-0.2, -0.15) is 0 Å². The van der Waals surface area contributed by atoms with E-state index in [9.17, 15) is 9.90 Å². The second-order valence-electron chi connectivity index (χ2n) is 4.07. The first-order chi connectivity index (χ1) is 6.53. The summed E-state index contributed by atoms with van der Waals surface area (Å²) in [6.45, 7) is 3.66. The maximum atomic E-state index is 11.7. The molecule has 0 aromatic heterocycles. The van der Waals surface area contributed by atoms with E-state index in [1.165, 1.54) is 6.08 Å². The Bertz CT molecular complexity index is 428. The summed E-state index contributed by atoms with van der Waals surface area (Å²) in [5.41, 5.74) is 1.28. The molecule has 0 radical (unpaired) electrons. The average Bonchev–Trinajstić information content (AvgIpc) is 2.15. The molecule has 0 fully saturated rings. The zero-order chi connectivity index (χ0) is 10.3. The Balaban J connectivity index is 2.72. The van der Waals surface area contributed by atoms with Crippen LogP contribution in [0.3, 0.4) is 0 Å². The topological polar surface area (TPSA) is 37.3 Å². The van der Waals surface area contributed by atoms with Gasteiger partial charge in [0, 0.05) is 0 Å². The van der Waals surface area contributed by atoms with Gasteiger partial charge in [0.05, 0.1) is 5.41 Å². The molecular weight excluding hydrogens is 176 g/mol. The number of carbonyl (C=O) groups is 1. The van der Waals surface area contributed by atoms with Crippen LogP contribution in [0.25, 0.3) is 6.08 Å². The predicted octanol–water partition coefficient (Wildman–Crippen LogP) is 2.45. The summed E-state index contributed by atoms with van der Waals surface area (Å²) >= 11 is 0. The molecule has 2 rings (SSSR count). The van der Waals surface area contributed by atoms with Crippen LogP contribution in [0.15, 0.2) is 30.0 Å². The van der Waals surface area contributed by atoms with Crippen LogP contribution in [0.2, 0.25) is 0 Å². The summed E-state index contributed by atoms with van der Waals surface area (Å²) in [6.07, 6.45) is 1.53. The normalized spacial score (nSPS) is 18.7. The van der Waals surface area contributed by atoms with Crippen LogP contribution in [-0.2, 0) is 10.2 Å². The molecule has 0 heterocycles. The molecule has 1 aliphatic rings. The highest BCUT2D eigenvalue weighted by Crippen LogP contribution is 2.34. The fraction of sp³-hybridized carbons (Fsp3) is 0.250. The Kier molecular flexibility index (Phi) is 1.74. The molecule has 1 aromatic rings. The van der Waals surface area contributed by atoms with Gasteiger partial charge in [0.1, 0.15) is 0 Å². The van der Waals surface area contributed by atoms with Gasteiger partial charge in [-0.25, -0.2) is 0 Å². The summed E-state index contributed by atoms with van der Waals surface area (Å²) in [6, 6.07) is 7.63. The molecule has 1 N–H and O–H groups in total. The molecule has 1 aromatic carbocycles. The Morgan fingerprint density at radius 3 is 2.57 bits per heavy atom. The van der Waals surface area contributed by atoms with Gasteiger partial charge in [0.15, 0.2) is 5.76 Å². The molecule has 2 nitrogen and oxygen atoms in total. The Morgan fingerprint density at radius 2 is 1.86 bits per heavy atom. The smallest absolute Gasteiger partial charge is 0.207 e. The van der Waals surface area contributed by atoms with Crippen molar-refractivity contribution >= 4 is 11.9 Å². The van der Waals surface area contributed by atoms with E-state index in [4.69, 9.17) is 0 Å². The van der Waals surface area contributed by atoms with Gasteiger partial charge in [-0.15, -0.1) is 0 Å². The van der Waals surface area contributed by atoms with E-state index in [2.05, 4.69) is 0 Å². The van der Waals surface area contributed by atoms with Crippen LogP contribution >= 0.6 is 0 Å². The van der Waals surface area contributed by atoms with Gasteiger partial charge in [0.2, 0.25) is 5.78 Å². The zero-order valence-electron chi connectivity index (χ0n) is 8.24. The molecule has 0 bridgehead atoms. The van der Waals surface area contributed by atoms with E-state index in [1.54, 1.807) is 0 Å². The zero-order valence-corrected chi connectivity index (χ0v) is 8.24. The van der Waals surface area contributed by atoms with Crippen LogP contribution in [-0.4, -0.2) is 10.9 Å². The molecule has 1 aliphatic carbocycles. The first-order valence-corrected chi connectivity index (χ1v) is 4.58. The van der Waals surface area contributed by atoms with E-state index in [-0.39, 0.29) is 11.5 Å². The molecule has 0 unspecified atom stereocenters. The number of ketones is 1. The predicted molar refractivity (Wildman–Crippen MR) is 55.1 cm³/mol. The van der Waals surface area contributed by atoms with E-state index in [1.807, 2.05) is 38.1 Å². The number of hydrogen-bond acceptors (Lipinski definition) is 2. The third-order valence-corrected chi connectivity index (χ3v) is 2.73. The lowest BCUT2D eigenvalue weighted by atomic mass is 9.74. The summed E-state index contributed by atoms with van der Waals surface area (Å²) in [7, 11) is 0. The largest absolute Gasteiger partial charge is 0.504 e. The lowest BCUT2D eigenvalue weighted by Crippen LogP contribution is -2.33. The summed E-state index contributed by atoms with van der Waals surface area (Å²) in [5.74, 6) is -0.357. The number of fused-ring (bicyclic) bond motifs is 1. The quantitative estimate of drug-likeness (QED) is 0.679. The average molecular weight is 188 g/mol. The number of rotatable bonds is 0. The monoisotopic (exact) mass is 188 g/mol. The van der Waals surface area contributed by atoms with Gasteiger partial charge in [-0.3, -0.25) is 4.79 Å². The second kappa shape index (κ2) is 2.71. The van der Waals surface area contributed by atoms with Crippen LogP contribution < -0.4 is 0 Å². The van der Waals surface area contributed by atoms with Crippen molar-refractivity contribution in [2.24, 2.45) is 0 Å². The molecule has 2 heteroatoms. The molecule has 0 amide bonds. The molecule has 14 heavy (non-hydrogen) atoms. The number of benzene rings is 1. The molecular formula is C12H12O2. The van der Waals surface area contributed by atoms with Crippen molar-refractivity contribution in [1.29, 1.82) is 0 Å². The molecule has 0 atom stereocenters. The van der Waals surface area contributed by atoms with Crippen molar-refractivity contribution < 1.29 is 9.90 Å². The molecule has 0 saturated heterocycles. The maximum Gasteiger partial charge on any atom is 0.207 e. The summed E-state index contributed by atoms with van der Waals surface area (Å²) in [5, 5.41) is 9.47. The summed E-state index contributed by atoms with van der Waals surface area (Å²) in [4.78, 5) is 11.7. The number of carbonyl (C=O) groups excluding carboxylic acids is 1. The van der Waals surface area contributed by atoms with Gasteiger partial charge >= 0.3 is 0 Å². The van der Waals surface area contributed by atoms with Crippen molar-refractivity contribution in [3.8, 4) is 0 Å². The van der Waals surface area contributed by atoms with Crippen LogP contribution in [0.4, 0.5) is 0 Å². The van der Waals surface area contributed by atoms with E-state index < -0.39 is 5.41 Å². The van der Waals surface area contributed by atoms with E-state index in [0.717, 1.165) is 11.1 Å². The second-order valence-corrected chi connectivity index (χ2v) is 4.07. The highest BCUT2D eigenvalue weighted by atomic mass is 16.3. The van der Waals surface area contributed by atoms with Gasteiger partial charge in [-0.1, -0.05) is 24.3 Å². The highest BCUT2D eigenvalue weighted by molar-refractivity contribution is 6.07. The van der Waals surface area contributed by atoms with Crippen molar-refractivity contribution in [3.05, 3.63) is 41.2 Å². The minimum atomic E-state index is -0.616. The van der Waals surface area contributed by atoms with Crippen molar-refractivity contribution in [2.45, 2.75) is 19.3 Å². The highest BCUT2D eigenvalue weighted by Gasteiger charge is 2.36. The lowest BCUT2D eigenvalue weighted by Gasteiger charge is -2.28. The lowest BCUT2D eigenvalue weighted by molar-refractivity contribution is -0.122. The summed E-state index contributed by atoms with van der Waals surface area (Å²) < 4.78 is 0. The molecule has 0 aliphatic heterocycles. The molecule has 0 spiro atoms. The third-order valence-electron chi connectivity index (χ3n) is 2.73. The van der Waals surface area contributed by atoms with E-state index in [0.29, 0.717) is 0 Å². The molecule has 72 valence electrons. The van der Waals surface area contributed by atoms with Gasteiger partial charge in [-0.05, 0) is 31.1 Å². The number of hydrogen-bond donors (Lipinski definition) is 1. The van der Waals surface area contributed by atoms with Crippen molar-refractivity contribution in [3.63, 3.8) is 0 Å². The SMILES string of the molecule is CC1(C)C(=O)C(O)=Cc2ccccc21. The third kappa shape index (κ3) is 1.07. The number of aliphatic hydroxyl groups is 1.